The van der Waals surface area contributed by atoms with Gasteiger partial charge in [-0.3, -0.25) is 14.9 Å². The molecule has 0 fully saturated rings. The van der Waals surface area contributed by atoms with Gasteiger partial charge in [0.25, 0.3) is 0 Å². The number of ether oxygens (including phenoxy) is 2. The van der Waals surface area contributed by atoms with Crippen molar-refractivity contribution in [1.82, 2.24) is 9.55 Å². The molecule has 2 aromatic heterocycles. The lowest BCUT2D eigenvalue weighted by Gasteiger charge is -2.20. The number of nitrogens with one attached hydrogen (secondary N) is 1. The summed E-state index contributed by atoms with van der Waals surface area (Å²) in [6, 6.07) is 7.64. The SMILES string of the molecule is CC(C)(C)OC(=O)Nc1cn(C(=O)OC(C)(C)C)c2ccc(C/C=C/c3ccc(C(F)(F)F)cn3)cc12. The third kappa shape index (κ3) is 7.83. The van der Waals surface area contributed by atoms with Crippen molar-refractivity contribution in [1.29, 1.82) is 0 Å². The molecule has 10 heteroatoms. The minimum absolute atomic E-state index is 0.366. The van der Waals surface area contributed by atoms with Crippen LogP contribution in [0.4, 0.5) is 28.4 Å². The van der Waals surface area contributed by atoms with E-state index in [4.69, 9.17) is 9.47 Å². The number of benzene rings is 1. The second-order valence-corrected chi connectivity index (χ2v) is 10.4. The van der Waals surface area contributed by atoms with Crippen LogP contribution in [0.25, 0.3) is 17.0 Å². The molecule has 0 saturated heterocycles. The summed E-state index contributed by atoms with van der Waals surface area (Å²) >= 11 is 0. The first kappa shape index (κ1) is 27.8. The van der Waals surface area contributed by atoms with Crippen molar-refractivity contribution in [3.05, 3.63) is 65.6 Å². The molecule has 0 bridgehead atoms. The van der Waals surface area contributed by atoms with Gasteiger partial charge in [-0.25, -0.2) is 9.59 Å². The van der Waals surface area contributed by atoms with Crippen LogP contribution in [0.2, 0.25) is 0 Å². The Bertz CT molecular complexity index is 1310. The van der Waals surface area contributed by atoms with Crippen LogP contribution in [0.5, 0.6) is 0 Å². The number of fused-ring (bicyclic) bond motifs is 1. The highest BCUT2D eigenvalue weighted by molar-refractivity contribution is 6.03. The van der Waals surface area contributed by atoms with E-state index in [0.717, 1.165) is 17.8 Å². The number of rotatable bonds is 4. The van der Waals surface area contributed by atoms with Gasteiger partial charge in [0.15, 0.2) is 0 Å². The quantitative estimate of drug-likeness (QED) is 0.389. The fraction of sp³-hybridized carbons (Fsp3) is 0.370. The lowest BCUT2D eigenvalue weighted by molar-refractivity contribution is -0.137. The Morgan fingerprint density at radius 2 is 1.68 bits per heavy atom. The Balaban J connectivity index is 1.88. The topological polar surface area (TPSA) is 82.5 Å². The summed E-state index contributed by atoms with van der Waals surface area (Å²) in [4.78, 5) is 29.1. The number of halogens is 3. The standard InChI is InChI=1S/C27H30F3N3O4/c1-25(2,3)36-23(34)32-21-16-33(24(35)37-26(4,5)6)22-13-10-17(14-20(21)22)8-7-9-19-12-11-18(15-31-19)27(28,29)30/h7,9-16H,8H2,1-6H3,(H,32,34)/b9-7+. The highest BCUT2D eigenvalue weighted by Crippen LogP contribution is 2.30. The molecule has 7 nitrogen and oxygen atoms in total. The van der Waals surface area contributed by atoms with Crippen LogP contribution in [-0.4, -0.2) is 32.9 Å². The van der Waals surface area contributed by atoms with E-state index >= 15 is 0 Å². The van der Waals surface area contributed by atoms with Crippen LogP contribution in [0.3, 0.4) is 0 Å². The molecular formula is C27H30F3N3O4. The summed E-state index contributed by atoms with van der Waals surface area (Å²) in [6.45, 7) is 10.5. The number of carbonyl (C=O) groups is 2. The molecule has 0 aliphatic heterocycles. The summed E-state index contributed by atoms with van der Waals surface area (Å²) in [7, 11) is 0. The predicted octanol–water partition coefficient (Wildman–Crippen LogP) is 7.44. The van der Waals surface area contributed by atoms with Crippen LogP contribution in [-0.2, 0) is 22.1 Å². The Hall–Kier alpha value is -3.82. The minimum atomic E-state index is -4.44. The lowest BCUT2D eigenvalue weighted by Crippen LogP contribution is -2.27. The molecule has 0 spiro atoms. The smallest absolute Gasteiger partial charge is 0.419 e. The van der Waals surface area contributed by atoms with E-state index < -0.39 is 35.1 Å². The maximum atomic E-state index is 12.8. The molecule has 0 aliphatic carbocycles. The Labute approximate surface area is 213 Å². The van der Waals surface area contributed by atoms with Crippen molar-refractivity contribution in [3.8, 4) is 0 Å². The predicted molar refractivity (Wildman–Crippen MR) is 135 cm³/mol. The zero-order valence-corrected chi connectivity index (χ0v) is 21.6. The fourth-order valence-electron chi connectivity index (χ4n) is 3.37. The van der Waals surface area contributed by atoms with Gasteiger partial charge >= 0.3 is 18.4 Å². The molecule has 3 rings (SSSR count). The maximum absolute atomic E-state index is 12.8. The highest BCUT2D eigenvalue weighted by Gasteiger charge is 2.30. The second kappa shape index (κ2) is 10.3. The third-order valence-corrected chi connectivity index (χ3v) is 4.85. The number of amides is 1. The zero-order chi connectivity index (χ0) is 27.6. The largest absolute Gasteiger partial charge is 0.444 e. The Morgan fingerprint density at radius 1 is 1.00 bits per heavy atom. The van der Waals surface area contributed by atoms with Gasteiger partial charge in [-0.1, -0.05) is 12.1 Å². The molecular weight excluding hydrogens is 487 g/mol. The second-order valence-electron chi connectivity index (χ2n) is 10.4. The molecule has 3 aromatic rings. The van der Waals surface area contributed by atoms with Crippen molar-refractivity contribution >= 4 is 34.9 Å². The van der Waals surface area contributed by atoms with Crippen molar-refractivity contribution in [2.45, 2.75) is 65.3 Å². The van der Waals surface area contributed by atoms with Crippen molar-refractivity contribution in [3.63, 3.8) is 0 Å². The van der Waals surface area contributed by atoms with E-state index in [9.17, 15) is 22.8 Å². The first-order valence-corrected chi connectivity index (χ1v) is 11.6. The third-order valence-electron chi connectivity index (χ3n) is 4.85. The minimum Gasteiger partial charge on any atom is -0.444 e. The molecule has 1 aromatic carbocycles. The van der Waals surface area contributed by atoms with E-state index in [0.29, 0.717) is 28.7 Å². The number of allylic oxidation sites excluding steroid dienone is 1. The average Bonchev–Trinajstić information content (AvgIpc) is 3.09. The van der Waals surface area contributed by atoms with Crippen LogP contribution in [0, 0.1) is 0 Å². The zero-order valence-electron chi connectivity index (χ0n) is 21.6. The Kier molecular flexibility index (Phi) is 7.71. The fourth-order valence-corrected chi connectivity index (χ4v) is 3.37. The number of hydrogen-bond acceptors (Lipinski definition) is 5. The van der Waals surface area contributed by atoms with Gasteiger partial charge in [-0.05, 0) is 83.9 Å². The number of carbonyl (C=O) groups excluding carboxylic acids is 2. The van der Waals surface area contributed by atoms with Crippen molar-refractivity contribution < 1.29 is 32.2 Å². The van der Waals surface area contributed by atoms with E-state index in [2.05, 4.69) is 10.3 Å². The van der Waals surface area contributed by atoms with E-state index in [-0.39, 0.29) is 0 Å². The van der Waals surface area contributed by atoms with Gasteiger partial charge in [-0.15, -0.1) is 0 Å². The van der Waals surface area contributed by atoms with E-state index in [1.807, 2.05) is 12.1 Å². The number of nitrogens with zero attached hydrogens (tertiary/aromatic N) is 2. The molecule has 37 heavy (non-hydrogen) atoms. The van der Waals surface area contributed by atoms with Gasteiger partial charge in [-0.2, -0.15) is 13.2 Å². The molecule has 0 unspecified atom stereocenters. The van der Waals surface area contributed by atoms with Crippen LogP contribution in [0.1, 0.15) is 58.4 Å². The summed E-state index contributed by atoms with van der Waals surface area (Å²) in [5.74, 6) is 0. The molecule has 0 radical (unpaired) electrons. The number of hydrogen-bond donors (Lipinski definition) is 1. The highest BCUT2D eigenvalue weighted by atomic mass is 19.4. The molecule has 2 heterocycles. The van der Waals surface area contributed by atoms with Crippen LogP contribution in [0.15, 0.2) is 48.8 Å². The van der Waals surface area contributed by atoms with E-state index in [1.54, 1.807) is 59.8 Å². The monoisotopic (exact) mass is 517 g/mol. The van der Waals surface area contributed by atoms with Crippen LogP contribution < -0.4 is 5.32 Å². The Morgan fingerprint density at radius 3 is 2.24 bits per heavy atom. The van der Waals surface area contributed by atoms with Gasteiger partial charge in [0, 0.05) is 17.8 Å². The number of pyridine rings is 1. The molecule has 0 aliphatic rings. The molecule has 0 atom stereocenters. The molecule has 1 amide bonds. The first-order chi connectivity index (χ1) is 17.0. The average molecular weight is 518 g/mol. The summed E-state index contributed by atoms with van der Waals surface area (Å²) in [5.41, 5.74) is -0.126. The van der Waals surface area contributed by atoms with Gasteiger partial charge < -0.3 is 9.47 Å². The van der Waals surface area contributed by atoms with Gasteiger partial charge in [0.05, 0.1) is 22.5 Å². The summed E-state index contributed by atoms with van der Waals surface area (Å²) < 4.78 is 50.3. The maximum Gasteiger partial charge on any atom is 0.419 e. The van der Waals surface area contributed by atoms with E-state index in [1.165, 1.54) is 16.8 Å². The number of aromatic nitrogens is 2. The number of alkyl halides is 3. The number of anilines is 1. The first-order valence-electron chi connectivity index (χ1n) is 11.6. The lowest BCUT2D eigenvalue weighted by atomic mass is 10.1. The van der Waals surface area contributed by atoms with Gasteiger partial charge in [0.1, 0.15) is 11.2 Å². The van der Waals surface area contributed by atoms with Crippen molar-refractivity contribution in [2.24, 2.45) is 0 Å². The molecule has 1 N–H and O–H groups in total. The molecule has 198 valence electrons. The molecule has 0 saturated carbocycles. The summed E-state index contributed by atoms with van der Waals surface area (Å²) in [5, 5.41) is 3.29. The van der Waals surface area contributed by atoms with Crippen molar-refractivity contribution in [2.75, 3.05) is 5.32 Å². The van der Waals surface area contributed by atoms with Gasteiger partial charge in [0.2, 0.25) is 0 Å². The summed E-state index contributed by atoms with van der Waals surface area (Å²) in [6.07, 6.45) is 0.380. The normalized spacial score (nSPS) is 12.7. The van der Waals surface area contributed by atoms with Crippen LogP contribution >= 0.6 is 0 Å².